The standard InChI is InChI=1S/C13H14N4O4/c14-6-5-8-1-3-9(4-2-8)16-13(21)17-10(12(19)20)7-11(15)18/h1-4,10H,5,7H2,(H2,15,18)(H,19,20)(H2,16,17,21)/t10-/m1/s1. The van der Waals surface area contributed by atoms with Gasteiger partial charge in [-0.25, -0.2) is 9.59 Å². The maximum atomic E-state index is 11.6. The number of carbonyl (C=O) groups is 3. The SMILES string of the molecule is N#CCc1ccc(NC(=O)N[C@H](CC(N)=O)C(=O)O)cc1. The van der Waals surface area contributed by atoms with Gasteiger partial charge in [0.15, 0.2) is 0 Å². The fraction of sp³-hybridized carbons (Fsp3) is 0.231. The van der Waals surface area contributed by atoms with Gasteiger partial charge in [-0.3, -0.25) is 4.79 Å². The Morgan fingerprint density at radius 3 is 2.38 bits per heavy atom. The van der Waals surface area contributed by atoms with Gasteiger partial charge < -0.3 is 21.5 Å². The number of amides is 3. The number of carboxylic acid groups (broad SMARTS) is 1. The third kappa shape index (κ3) is 5.61. The quantitative estimate of drug-likeness (QED) is 0.591. The van der Waals surface area contributed by atoms with Crippen molar-refractivity contribution < 1.29 is 19.5 Å². The highest BCUT2D eigenvalue weighted by Gasteiger charge is 2.22. The fourth-order valence-corrected chi connectivity index (χ4v) is 1.52. The number of rotatable bonds is 6. The normalized spacial score (nSPS) is 11.0. The lowest BCUT2D eigenvalue weighted by Crippen LogP contribution is -2.45. The molecule has 0 aromatic heterocycles. The van der Waals surface area contributed by atoms with E-state index in [0.29, 0.717) is 5.69 Å². The summed E-state index contributed by atoms with van der Waals surface area (Å²) in [5, 5.41) is 21.9. The summed E-state index contributed by atoms with van der Waals surface area (Å²) < 4.78 is 0. The first-order chi connectivity index (χ1) is 9.92. The Balaban J connectivity index is 2.61. The molecule has 1 rings (SSSR count). The van der Waals surface area contributed by atoms with Crippen molar-refractivity contribution in [3.8, 4) is 6.07 Å². The molecule has 1 aromatic rings. The molecular weight excluding hydrogens is 276 g/mol. The number of nitriles is 1. The van der Waals surface area contributed by atoms with Gasteiger partial charge in [-0.1, -0.05) is 12.1 Å². The van der Waals surface area contributed by atoms with Crippen molar-refractivity contribution in [1.29, 1.82) is 5.26 Å². The number of nitrogens with zero attached hydrogens (tertiary/aromatic N) is 1. The van der Waals surface area contributed by atoms with Gasteiger partial charge in [0.2, 0.25) is 5.91 Å². The van der Waals surface area contributed by atoms with E-state index < -0.39 is 30.4 Å². The molecule has 0 aliphatic rings. The monoisotopic (exact) mass is 290 g/mol. The molecule has 0 radical (unpaired) electrons. The minimum atomic E-state index is -1.39. The number of aliphatic carboxylic acids is 1. The second kappa shape index (κ2) is 7.49. The van der Waals surface area contributed by atoms with E-state index in [9.17, 15) is 14.4 Å². The lowest BCUT2D eigenvalue weighted by atomic mass is 10.1. The summed E-state index contributed by atoms with van der Waals surface area (Å²) in [6, 6.07) is 6.32. The van der Waals surface area contributed by atoms with Gasteiger partial charge in [0, 0.05) is 5.69 Å². The molecule has 8 heteroatoms. The number of anilines is 1. The molecule has 1 atom stereocenters. The number of nitrogens with one attached hydrogen (secondary N) is 2. The number of benzene rings is 1. The highest BCUT2D eigenvalue weighted by molar-refractivity contribution is 5.93. The smallest absolute Gasteiger partial charge is 0.326 e. The van der Waals surface area contributed by atoms with Crippen LogP contribution in [0.15, 0.2) is 24.3 Å². The molecule has 5 N–H and O–H groups in total. The van der Waals surface area contributed by atoms with Crippen LogP contribution in [0.3, 0.4) is 0 Å². The van der Waals surface area contributed by atoms with Crippen molar-refractivity contribution in [2.75, 3.05) is 5.32 Å². The summed E-state index contributed by atoms with van der Waals surface area (Å²) in [5.41, 5.74) is 6.12. The van der Waals surface area contributed by atoms with Gasteiger partial charge in [-0.15, -0.1) is 0 Å². The zero-order valence-corrected chi connectivity index (χ0v) is 11.0. The maximum absolute atomic E-state index is 11.6. The molecule has 8 nitrogen and oxygen atoms in total. The van der Waals surface area contributed by atoms with Crippen LogP contribution in [0.1, 0.15) is 12.0 Å². The first-order valence-corrected chi connectivity index (χ1v) is 5.97. The number of carbonyl (C=O) groups excluding carboxylic acids is 2. The van der Waals surface area contributed by atoms with Crippen molar-refractivity contribution in [2.24, 2.45) is 5.73 Å². The van der Waals surface area contributed by atoms with Crippen LogP contribution in [-0.2, 0) is 16.0 Å². The minimum Gasteiger partial charge on any atom is -0.480 e. The molecule has 0 heterocycles. The van der Waals surface area contributed by atoms with Gasteiger partial charge in [-0.05, 0) is 17.7 Å². The van der Waals surface area contributed by atoms with Gasteiger partial charge in [-0.2, -0.15) is 5.26 Å². The Hall–Kier alpha value is -3.08. The number of hydrogen-bond acceptors (Lipinski definition) is 4. The Labute approximate surface area is 120 Å². The number of nitrogens with two attached hydrogens (primary N) is 1. The second-order valence-electron chi connectivity index (χ2n) is 4.19. The summed E-state index contributed by atoms with van der Waals surface area (Å²) >= 11 is 0. The van der Waals surface area contributed by atoms with Crippen molar-refractivity contribution >= 4 is 23.6 Å². The third-order valence-corrected chi connectivity index (χ3v) is 2.50. The van der Waals surface area contributed by atoms with Crippen LogP contribution in [0.2, 0.25) is 0 Å². The molecule has 0 saturated heterocycles. The molecule has 0 saturated carbocycles. The lowest BCUT2D eigenvalue weighted by molar-refractivity contribution is -0.140. The third-order valence-electron chi connectivity index (χ3n) is 2.50. The van der Waals surface area contributed by atoms with E-state index in [1.807, 2.05) is 6.07 Å². The average molecular weight is 290 g/mol. The zero-order chi connectivity index (χ0) is 15.8. The predicted octanol–water partition coefficient (Wildman–Crippen LogP) is 0.203. The number of hydrogen-bond donors (Lipinski definition) is 4. The van der Waals surface area contributed by atoms with Gasteiger partial charge >= 0.3 is 12.0 Å². The van der Waals surface area contributed by atoms with E-state index in [1.165, 1.54) is 0 Å². The highest BCUT2D eigenvalue weighted by atomic mass is 16.4. The molecule has 110 valence electrons. The number of primary amides is 1. The van der Waals surface area contributed by atoms with Crippen LogP contribution in [-0.4, -0.2) is 29.1 Å². The Bertz CT molecular complexity index is 577. The molecule has 21 heavy (non-hydrogen) atoms. The van der Waals surface area contributed by atoms with Crippen molar-refractivity contribution in [1.82, 2.24) is 5.32 Å². The van der Waals surface area contributed by atoms with E-state index in [0.717, 1.165) is 5.56 Å². The predicted molar refractivity (Wildman–Crippen MR) is 73.1 cm³/mol. The molecule has 0 fully saturated rings. The van der Waals surface area contributed by atoms with Crippen LogP contribution < -0.4 is 16.4 Å². The Morgan fingerprint density at radius 1 is 1.29 bits per heavy atom. The largest absolute Gasteiger partial charge is 0.480 e. The zero-order valence-electron chi connectivity index (χ0n) is 11.0. The summed E-state index contributed by atoms with van der Waals surface area (Å²) in [6.45, 7) is 0. The van der Waals surface area contributed by atoms with Crippen LogP contribution in [0, 0.1) is 11.3 Å². The van der Waals surface area contributed by atoms with E-state index in [-0.39, 0.29) is 6.42 Å². The summed E-state index contributed by atoms with van der Waals surface area (Å²) in [6.07, 6.45) is -0.240. The van der Waals surface area contributed by atoms with Crippen LogP contribution in [0.25, 0.3) is 0 Å². The Morgan fingerprint density at radius 2 is 1.90 bits per heavy atom. The second-order valence-corrected chi connectivity index (χ2v) is 4.19. The van der Waals surface area contributed by atoms with Crippen LogP contribution in [0.5, 0.6) is 0 Å². The number of carboxylic acids is 1. The first-order valence-electron chi connectivity index (χ1n) is 5.97. The topological polar surface area (TPSA) is 145 Å². The van der Waals surface area contributed by atoms with Crippen LogP contribution >= 0.6 is 0 Å². The van der Waals surface area contributed by atoms with Crippen molar-refractivity contribution in [3.63, 3.8) is 0 Å². The maximum Gasteiger partial charge on any atom is 0.326 e. The number of urea groups is 1. The van der Waals surface area contributed by atoms with E-state index in [2.05, 4.69) is 10.6 Å². The molecule has 0 aliphatic heterocycles. The van der Waals surface area contributed by atoms with E-state index in [1.54, 1.807) is 24.3 Å². The molecule has 0 bridgehead atoms. The molecular formula is C13H14N4O4. The average Bonchev–Trinajstić information content (AvgIpc) is 2.40. The molecule has 0 unspecified atom stereocenters. The van der Waals surface area contributed by atoms with Crippen LogP contribution in [0.4, 0.5) is 10.5 Å². The van der Waals surface area contributed by atoms with Gasteiger partial charge in [0.25, 0.3) is 0 Å². The summed E-state index contributed by atoms with van der Waals surface area (Å²) in [7, 11) is 0. The van der Waals surface area contributed by atoms with E-state index >= 15 is 0 Å². The Kier molecular flexibility index (Phi) is 5.70. The van der Waals surface area contributed by atoms with Gasteiger partial charge in [0.1, 0.15) is 6.04 Å². The minimum absolute atomic E-state index is 0.256. The fourth-order valence-electron chi connectivity index (χ4n) is 1.52. The van der Waals surface area contributed by atoms with Gasteiger partial charge in [0.05, 0.1) is 18.9 Å². The molecule has 1 aromatic carbocycles. The molecule has 0 aliphatic carbocycles. The van der Waals surface area contributed by atoms with Crippen molar-refractivity contribution in [3.05, 3.63) is 29.8 Å². The summed E-state index contributed by atoms with van der Waals surface area (Å²) in [4.78, 5) is 33.2. The molecule has 3 amide bonds. The van der Waals surface area contributed by atoms with Crippen molar-refractivity contribution in [2.45, 2.75) is 18.9 Å². The first kappa shape index (κ1) is 16.0. The highest BCUT2D eigenvalue weighted by Crippen LogP contribution is 2.09. The lowest BCUT2D eigenvalue weighted by Gasteiger charge is -2.13. The van der Waals surface area contributed by atoms with E-state index in [4.69, 9.17) is 16.1 Å². The molecule has 0 spiro atoms. The summed E-state index contributed by atoms with van der Waals surface area (Å²) in [5.74, 6) is -2.18.